The van der Waals surface area contributed by atoms with Crippen molar-refractivity contribution in [2.24, 2.45) is 5.92 Å². The molecule has 4 heteroatoms. The lowest BCUT2D eigenvalue weighted by molar-refractivity contribution is 0.285. The fourth-order valence-electron chi connectivity index (χ4n) is 1.87. The summed E-state index contributed by atoms with van der Waals surface area (Å²) in [5.74, 6) is -1.07. The summed E-state index contributed by atoms with van der Waals surface area (Å²) in [6, 6.07) is 3.99. The van der Waals surface area contributed by atoms with Gasteiger partial charge < -0.3 is 10.1 Å². The smallest absolute Gasteiger partial charge is 0.200 e. The van der Waals surface area contributed by atoms with Gasteiger partial charge in [0.25, 0.3) is 0 Å². The van der Waals surface area contributed by atoms with E-state index in [2.05, 4.69) is 19.2 Å². The van der Waals surface area contributed by atoms with Crippen molar-refractivity contribution in [2.75, 3.05) is 19.7 Å². The largest absolute Gasteiger partial charge is 0.490 e. The molecule has 0 spiro atoms. The van der Waals surface area contributed by atoms with Crippen LogP contribution in [-0.4, -0.2) is 19.7 Å². The van der Waals surface area contributed by atoms with Crippen LogP contribution >= 0.6 is 0 Å². The highest BCUT2D eigenvalue weighted by Crippen LogP contribution is 2.19. The van der Waals surface area contributed by atoms with Gasteiger partial charge in [-0.3, -0.25) is 0 Å². The van der Waals surface area contributed by atoms with Crippen molar-refractivity contribution in [3.05, 3.63) is 29.8 Å². The molecule has 0 bridgehead atoms. The maximum Gasteiger partial charge on any atom is 0.200 e. The van der Waals surface area contributed by atoms with Crippen LogP contribution in [0, 0.1) is 17.6 Å². The Labute approximate surface area is 120 Å². The maximum atomic E-state index is 13.3. The number of hydrogen-bond acceptors (Lipinski definition) is 2. The molecular formula is C16H25F2NO. The molecule has 1 N–H and O–H groups in total. The second kappa shape index (κ2) is 9.70. The van der Waals surface area contributed by atoms with Crippen LogP contribution < -0.4 is 10.1 Å². The molecular weight excluding hydrogens is 260 g/mol. The molecule has 2 nitrogen and oxygen atoms in total. The SMILES string of the molecule is CC(C)CNCCCCCCOc1cccc(F)c1F. The summed E-state index contributed by atoms with van der Waals surface area (Å²) < 4.78 is 31.4. The third kappa shape index (κ3) is 6.85. The minimum Gasteiger partial charge on any atom is -0.490 e. The number of rotatable bonds is 10. The minimum atomic E-state index is -0.898. The summed E-state index contributed by atoms with van der Waals surface area (Å²) in [7, 11) is 0. The van der Waals surface area contributed by atoms with Gasteiger partial charge in [0.15, 0.2) is 11.6 Å². The molecule has 0 aliphatic rings. The summed E-state index contributed by atoms with van der Waals surface area (Å²) in [4.78, 5) is 0. The highest BCUT2D eigenvalue weighted by molar-refractivity contribution is 5.24. The predicted octanol–water partition coefficient (Wildman–Crippen LogP) is 4.15. The number of benzene rings is 1. The van der Waals surface area contributed by atoms with Gasteiger partial charge in [-0.15, -0.1) is 0 Å². The lowest BCUT2D eigenvalue weighted by atomic mass is 10.2. The molecule has 20 heavy (non-hydrogen) atoms. The second-order valence-electron chi connectivity index (χ2n) is 5.41. The fraction of sp³-hybridized carbons (Fsp3) is 0.625. The zero-order chi connectivity index (χ0) is 14.8. The number of unbranched alkanes of at least 4 members (excludes halogenated alkanes) is 3. The molecule has 0 aliphatic carbocycles. The predicted molar refractivity (Wildman–Crippen MR) is 78.0 cm³/mol. The van der Waals surface area contributed by atoms with E-state index in [1.54, 1.807) is 0 Å². The molecule has 1 aromatic rings. The van der Waals surface area contributed by atoms with Crippen LogP contribution in [0.1, 0.15) is 39.5 Å². The number of nitrogens with one attached hydrogen (secondary N) is 1. The first kappa shape index (κ1) is 16.9. The monoisotopic (exact) mass is 285 g/mol. The Balaban J connectivity index is 2.01. The molecule has 1 rings (SSSR count). The Morgan fingerprint density at radius 1 is 1.10 bits per heavy atom. The van der Waals surface area contributed by atoms with Crippen molar-refractivity contribution < 1.29 is 13.5 Å². The van der Waals surface area contributed by atoms with Crippen LogP contribution in [0.15, 0.2) is 18.2 Å². The van der Waals surface area contributed by atoms with Crippen molar-refractivity contribution in [3.63, 3.8) is 0 Å². The van der Waals surface area contributed by atoms with Crippen molar-refractivity contribution in [2.45, 2.75) is 39.5 Å². The molecule has 0 unspecified atom stereocenters. The van der Waals surface area contributed by atoms with Gasteiger partial charge in [0, 0.05) is 0 Å². The summed E-state index contributed by atoms with van der Waals surface area (Å²) in [6.07, 6.45) is 4.17. The average Bonchev–Trinajstić information content (AvgIpc) is 2.41. The van der Waals surface area contributed by atoms with E-state index in [0.717, 1.165) is 44.8 Å². The molecule has 0 atom stereocenters. The first-order valence-electron chi connectivity index (χ1n) is 7.38. The fourth-order valence-corrected chi connectivity index (χ4v) is 1.87. The van der Waals surface area contributed by atoms with Crippen LogP contribution in [0.5, 0.6) is 5.75 Å². The summed E-state index contributed by atoms with van der Waals surface area (Å²) in [5, 5.41) is 3.39. The Morgan fingerprint density at radius 2 is 1.85 bits per heavy atom. The van der Waals surface area contributed by atoms with Gasteiger partial charge in [0.1, 0.15) is 0 Å². The van der Waals surface area contributed by atoms with E-state index in [1.807, 2.05) is 0 Å². The standard InChI is InChI=1S/C16H25F2NO/c1-13(2)12-19-10-5-3-4-6-11-20-15-9-7-8-14(17)16(15)18/h7-9,13,19H,3-6,10-12H2,1-2H3. The van der Waals surface area contributed by atoms with Gasteiger partial charge in [-0.05, 0) is 44.0 Å². The molecule has 0 radical (unpaired) electrons. The molecule has 0 amide bonds. The first-order valence-corrected chi connectivity index (χ1v) is 7.38. The highest BCUT2D eigenvalue weighted by Gasteiger charge is 2.07. The van der Waals surface area contributed by atoms with Crippen molar-refractivity contribution in [1.82, 2.24) is 5.32 Å². The zero-order valence-electron chi connectivity index (χ0n) is 12.4. The highest BCUT2D eigenvalue weighted by atomic mass is 19.2. The molecule has 0 saturated heterocycles. The van der Waals surface area contributed by atoms with Crippen LogP contribution in [0.25, 0.3) is 0 Å². The van der Waals surface area contributed by atoms with E-state index in [1.165, 1.54) is 12.1 Å². The van der Waals surface area contributed by atoms with Gasteiger partial charge in [-0.25, -0.2) is 4.39 Å². The lowest BCUT2D eigenvalue weighted by Crippen LogP contribution is -2.20. The van der Waals surface area contributed by atoms with E-state index >= 15 is 0 Å². The number of halogens is 2. The minimum absolute atomic E-state index is 0.00333. The van der Waals surface area contributed by atoms with Gasteiger partial charge in [0.2, 0.25) is 5.82 Å². The molecule has 0 aliphatic heterocycles. The summed E-state index contributed by atoms with van der Waals surface area (Å²) >= 11 is 0. The number of ether oxygens (including phenoxy) is 1. The molecule has 0 aromatic heterocycles. The normalized spacial score (nSPS) is 11.1. The van der Waals surface area contributed by atoms with Crippen molar-refractivity contribution in [1.29, 1.82) is 0 Å². The quantitative estimate of drug-likeness (QED) is 0.652. The Hall–Kier alpha value is -1.16. The van der Waals surface area contributed by atoms with Crippen LogP contribution in [0.2, 0.25) is 0 Å². The van der Waals surface area contributed by atoms with E-state index in [4.69, 9.17) is 4.74 Å². The molecule has 0 heterocycles. The third-order valence-electron chi connectivity index (χ3n) is 2.97. The Bertz CT molecular complexity index is 383. The van der Waals surface area contributed by atoms with Gasteiger partial charge in [-0.2, -0.15) is 4.39 Å². The summed E-state index contributed by atoms with van der Waals surface area (Å²) in [5.41, 5.74) is 0. The summed E-state index contributed by atoms with van der Waals surface area (Å²) in [6.45, 7) is 6.91. The zero-order valence-corrected chi connectivity index (χ0v) is 12.4. The number of hydrogen-bond donors (Lipinski definition) is 1. The van der Waals surface area contributed by atoms with Crippen LogP contribution in [0.3, 0.4) is 0 Å². The van der Waals surface area contributed by atoms with Gasteiger partial charge >= 0.3 is 0 Å². The lowest BCUT2D eigenvalue weighted by Gasteiger charge is -2.08. The molecule has 1 aromatic carbocycles. The molecule has 0 fully saturated rings. The molecule has 114 valence electrons. The van der Waals surface area contributed by atoms with Crippen molar-refractivity contribution >= 4 is 0 Å². The Kier molecular flexibility index (Phi) is 8.19. The molecule has 0 saturated carbocycles. The Morgan fingerprint density at radius 3 is 2.60 bits per heavy atom. The average molecular weight is 285 g/mol. The van der Waals surface area contributed by atoms with Crippen LogP contribution in [0.4, 0.5) is 8.78 Å². The van der Waals surface area contributed by atoms with E-state index in [0.29, 0.717) is 12.5 Å². The van der Waals surface area contributed by atoms with E-state index in [9.17, 15) is 8.78 Å². The maximum absolute atomic E-state index is 13.3. The van der Waals surface area contributed by atoms with Gasteiger partial charge in [-0.1, -0.05) is 32.8 Å². The van der Waals surface area contributed by atoms with Gasteiger partial charge in [0.05, 0.1) is 6.61 Å². The van der Waals surface area contributed by atoms with Crippen molar-refractivity contribution in [3.8, 4) is 5.75 Å². The first-order chi connectivity index (χ1) is 9.61. The van der Waals surface area contributed by atoms with E-state index in [-0.39, 0.29) is 5.75 Å². The topological polar surface area (TPSA) is 21.3 Å². The second-order valence-corrected chi connectivity index (χ2v) is 5.41. The van der Waals surface area contributed by atoms with Crippen LogP contribution in [-0.2, 0) is 0 Å². The van der Waals surface area contributed by atoms with E-state index < -0.39 is 11.6 Å². The third-order valence-corrected chi connectivity index (χ3v) is 2.97.